The number of carbonyl (C=O) groups is 1. The summed E-state index contributed by atoms with van der Waals surface area (Å²) in [6.07, 6.45) is 2.91. The lowest BCUT2D eigenvalue weighted by molar-refractivity contribution is 0.0602. The number of halogens is 2. The Balaban J connectivity index is 2.35. The molecular formula is C13H10BrFN2O2. The third-order valence-electron chi connectivity index (χ3n) is 2.43. The first-order valence-electron chi connectivity index (χ1n) is 5.36. The van der Waals surface area contributed by atoms with Gasteiger partial charge in [0.1, 0.15) is 5.82 Å². The molecule has 0 atom stereocenters. The number of ether oxygens (including phenoxy) is 1. The van der Waals surface area contributed by atoms with Gasteiger partial charge in [0.05, 0.1) is 30.2 Å². The lowest BCUT2D eigenvalue weighted by Crippen LogP contribution is -2.06. The summed E-state index contributed by atoms with van der Waals surface area (Å²) in [5.41, 5.74) is 0.928. The minimum absolute atomic E-state index is 0.251. The Morgan fingerprint density at radius 2 is 2.16 bits per heavy atom. The average Bonchev–Trinajstić information content (AvgIpc) is 2.41. The third-order valence-corrected chi connectivity index (χ3v) is 2.92. The predicted octanol–water partition coefficient (Wildman–Crippen LogP) is 3.51. The quantitative estimate of drug-likeness (QED) is 0.878. The largest absolute Gasteiger partial charge is 0.465 e. The average molecular weight is 325 g/mol. The van der Waals surface area contributed by atoms with Crippen LogP contribution in [0.4, 0.5) is 15.8 Å². The molecule has 2 aromatic rings. The van der Waals surface area contributed by atoms with Crippen LogP contribution in [-0.4, -0.2) is 18.1 Å². The van der Waals surface area contributed by atoms with Crippen molar-refractivity contribution in [1.29, 1.82) is 0 Å². The maximum atomic E-state index is 13.7. The highest BCUT2D eigenvalue weighted by molar-refractivity contribution is 9.10. The minimum atomic E-state index is -0.512. The molecule has 1 N–H and O–H groups in total. The Kier molecular flexibility index (Phi) is 4.11. The number of methoxy groups -OCH3 is 1. The van der Waals surface area contributed by atoms with E-state index in [4.69, 9.17) is 0 Å². The number of nitrogens with one attached hydrogen (secondary N) is 1. The molecule has 0 aliphatic carbocycles. The molecule has 6 heteroatoms. The maximum absolute atomic E-state index is 13.7. The van der Waals surface area contributed by atoms with E-state index in [9.17, 15) is 9.18 Å². The summed E-state index contributed by atoms with van der Waals surface area (Å²) >= 11 is 3.18. The van der Waals surface area contributed by atoms with E-state index in [0.29, 0.717) is 15.7 Å². The van der Waals surface area contributed by atoms with Gasteiger partial charge in [-0.1, -0.05) is 15.9 Å². The van der Waals surface area contributed by atoms with Crippen molar-refractivity contribution < 1.29 is 13.9 Å². The monoisotopic (exact) mass is 324 g/mol. The van der Waals surface area contributed by atoms with Crippen LogP contribution in [0.3, 0.4) is 0 Å². The molecule has 0 aliphatic heterocycles. The van der Waals surface area contributed by atoms with Crippen molar-refractivity contribution in [2.45, 2.75) is 0 Å². The first kappa shape index (κ1) is 13.5. The number of esters is 1. The van der Waals surface area contributed by atoms with Crippen LogP contribution < -0.4 is 5.32 Å². The molecule has 0 spiro atoms. The Morgan fingerprint density at radius 1 is 1.37 bits per heavy atom. The molecule has 1 aromatic heterocycles. The second kappa shape index (κ2) is 5.79. The SMILES string of the molecule is COC(=O)c1ccncc1Nc1ccc(Br)cc1F. The van der Waals surface area contributed by atoms with Gasteiger partial charge in [0, 0.05) is 10.7 Å². The smallest absolute Gasteiger partial charge is 0.340 e. The van der Waals surface area contributed by atoms with E-state index in [1.165, 1.54) is 31.6 Å². The molecule has 1 heterocycles. The van der Waals surface area contributed by atoms with Gasteiger partial charge < -0.3 is 10.1 Å². The van der Waals surface area contributed by atoms with Crippen LogP contribution in [0.5, 0.6) is 0 Å². The molecule has 98 valence electrons. The molecule has 1 aromatic carbocycles. The Hall–Kier alpha value is -1.95. The highest BCUT2D eigenvalue weighted by Crippen LogP contribution is 2.25. The van der Waals surface area contributed by atoms with Gasteiger partial charge in [0.15, 0.2) is 0 Å². The normalized spacial score (nSPS) is 10.1. The minimum Gasteiger partial charge on any atom is -0.465 e. The zero-order chi connectivity index (χ0) is 13.8. The van der Waals surface area contributed by atoms with E-state index in [0.717, 1.165) is 0 Å². The number of aromatic nitrogens is 1. The second-order valence-electron chi connectivity index (χ2n) is 3.66. The second-order valence-corrected chi connectivity index (χ2v) is 4.58. The van der Waals surface area contributed by atoms with E-state index in [-0.39, 0.29) is 5.69 Å². The molecule has 0 amide bonds. The molecule has 0 fully saturated rings. The van der Waals surface area contributed by atoms with Crippen LogP contribution in [0.2, 0.25) is 0 Å². The molecule has 0 saturated heterocycles. The van der Waals surface area contributed by atoms with Crippen molar-refractivity contribution in [3.63, 3.8) is 0 Å². The van der Waals surface area contributed by atoms with Gasteiger partial charge in [0.25, 0.3) is 0 Å². The number of pyridine rings is 1. The zero-order valence-corrected chi connectivity index (χ0v) is 11.6. The first-order valence-corrected chi connectivity index (χ1v) is 6.15. The molecule has 19 heavy (non-hydrogen) atoms. The summed E-state index contributed by atoms with van der Waals surface area (Å²) in [6.45, 7) is 0. The lowest BCUT2D eigenvalue weighted by atomic mass is 10.2. The summed E-state index contributed by atoms with van der Waals surface area (Å²) in [4.78, 5) is 15.5. The van der Waals surface area contributed by atoms with Crippen molar-refractivity contribution in [1.82, 2.24) is 4.98 Å². The third kappa shape index (κ3) is 3.08. The van der Waals surface area contributed by atoms with Crippen molar-refractivity contribution in [3.8, 4) is 0 Å². The van der Waals surface area contributed by atoms with Crippen LogP contribution in [0.15, 0.2) is 41.1 Å². The van der Waals surface area contributed by atoms with Crippen LogP contribution in [0, 0.1) is 5.82 Å². The number of benzene rings is 1. The number of anilines is 2. The maximum Gasteiger partial charge on any atom is 0.340 e. The van der Waals surface area contributed by atoms with Gasteiger partial charge in [0.2, 0.25) is 0 Å². The van der Waals surface area contributed by atoms with E-state index in [1.54, 1.807) is 12.1 Å². The Bertz CT molecular complexity index is 619. The lowest BCUT2D eigenvalue weighted by Gasteiger charge is -2.10. The van der Waals surface area contributed by atoms with Crippen molar-refractivity contribution in [2.75, 3.05) is 12.4 Å². The molecular weight excluding hydrogens is 315 g/mol. The molecule has 0 bridgehead atoms. The van der Waals surface area contributed by atoms with Crippen molar-refractivity contribution >= 4 is 33.3 Å². The van der Waals surface area contributed by atoms with Crippen LogP contribution in [0.1, 0.15) is 10.4 Å². The fourth-order valence-electron chi connectivity index (χ4n) is 1.52. The van der Waals surface area contributed by atoms with E-state index in [2.05, 4.69) is 31.0 Å². The summed E-state index contributed by atoms with van der Waals surface area (Å²) in [7, 11) is 1.28. The highest BCUT2D eigenvalue weighted by Gasteiger charge is 2.13. The highest BCUT2D eigenvalue weighted by atomic mass is 79.9. The Labute approximate surface area is 117 Å². The van der Waals surface area contributed by atoms with Gasteiger partial charge in [-0.2, -0.15) is 0 Å². The van der Waals surface area contributed by atoms with Crippen molar-refractivity contribution in [3.05, 3.63) is 52.5 Å². The van der Waals surface area contributed by atoms with E-state index < -0.39 is 11.8 Å². The standard InChI is InChI=1S/C13H10BrFN2O2/c1-19-13(18)9-4-5-16-7-12(9)17-11-3-2-8(14)6-10(11)15/h2-7,17H,1H3. The summed E-state index contributed by atoms with van der Waals surface area (Å²) in [5, 5.41) is 2.82. The molecule has 0 saturated carbocycles. The molecule has 4 nitrogen and oxygen atoms in total. The molecule has 0 aliphatic rings. The number of carbonyl (C=O) groups excluding carboxylic acids is 1. The number of nitrogens with zero attached hydrogens (tertiary/aromatic N) is 1. The fraction of sp³-hybridized carbons (Fsp3) is 0.0769. The fourth-order valence-corrected chi connectivity index (χ4v) is 1.85. The summed E-state index contributed by atoms with van der Waals surface area (Å²) in [6, 6.07) is 6.09. The van der Waals surface area contributed by atoms with Crippen LogP contribution in [0.25, 0.3) is 0 Å². The van der Waals surface area contributed by atoms with Gasteiger partial charge >= 0.3 is 5.97 Å². The molecule has 0 unspecified atom stereocenters. The Morgan fingerprint density at radius 3 is 2.84 bits per heavy atom. The van der Waals surface area contributed by atoms with Gasteiger partial charge in [-0.15, -0.1) is 0 Å². The first-order chi connectivity index (χ1) is 9.11. The van der Waals surface area contributed by atoms with Crippen molar-refractivity contribution in [2.24, 2.45) is 0 Å². The molecule has 2 rings (SSSR count). The van der Waals surface area contributed by atoms with Crippen LogP contribution >= 0.6 is 15.9 Å². The summed E-state index contributed by atoms with van der Waals surface area (Å²) in [5.74, 6) is -0.948. The van der Waals surface area contributed by atoms with E-state index in [1.807, 2.05) is 0 Å². The number of hydrogen-bond donors (Lipinski definition) is 1. The molecule has 0 radical (unpaired) electrons. The number of hydrogen-bond acceptors (Lipinski definition) is 4. The number of rotatable bonds is 3. The summed E-state index contributed by atoms with van der Waals surface area (Å²) < 4.78 is 19.0. The van der Waals surface area contributed by atoms with Gasteiger partial charge in [-0.05, 0) is 24.3 Å². The van der Waals surface area contributed by atoms with Gasteiger partial charge in [-0.3, -0.25) is 4.98 Å². The van der Waals surface area contributed by atoms with E-state index >= 15 is 0 Å². The van der Waals surface area contributed by atoms with Crippen LogP contribution in [-0.2, 0) is 4.74 Å². The topological polar surface area (TPSA) is 51.2 Å². The predicted molar refractivity (Wildman–Crippen MR) is 73.0 cm³/mol. The van der Waals surface area contributed by atoms with Gasteiger partial charge in [-0.25, -0.2) is 9.18 Å². The zero-order valence-electron chi connectivity index (χ0n) is 9.98.